The smallest absolute Gasteiger partial charge is 0.149 e. The van der Waals surface area contributed by atoms with Crippen LogP contribution in [0.25, 0.3) is 5.69 Å². The Morgan fingerprint density at radius 3 is 2.80 bits per heavy atom. The largest absolute Gasteiger partial charge is 0.237 e. The fourth-order valence-electron chi connectivity index (χ4n) is 1.46. The van der Waals surface area contributed by atoms with Crippen molar-refractivity contribution in [1.29, 1.82) is 0 Å². The fraction of sp³-hybridized carbons (Fsp3) is 0.182. The molecule has 78 valence electrons. The Kier molecular flexibility index (Phi) is 2.86. The van der Waals surface area contributed by atoms with Crippen LogP contribution in [0.4, 0.5) is 4.39 Å². The predicted octanol–water partition coefficient (Wildman–Crippen LogP) is 3.21. The number of aryl methyl sites for hydroxylation is 1. The molecule has 0 spiro atoms. The van der Waals surface area contributed by atoms with E-state index in [1.807, 2.05) is 19.1 Å². The van der Waals surface area contributed by atoms with Crippen LogP contribution in [-0.4, -0.2) is 9.78 Å². The second kappa shape index (κ2) is 4.14. The van der Waals surface area contributed by atoms with E-state index < -0.39 is 0 Å². The molecule has 2 aromatic rings. The van der Waals surface area contributed by atoms with Crippen LogP contribution in [0.3, 0.4) is 0 Å². The third kappa shape index (κ3) is 1.95. The highest BCUT2D eigenvalue weighted by Gasteiger charge is 2.10. The summed E-state index contributed by atoms with van der Waals surface area (Å²) < 4.78 is 15.2. The lowest BCUT2D eigenvalue weighted by atomic mass is 10.2. The first-order valence-electron chi connectivity index (χ1n) is 4.58. The van der Waals surface area contributed by atoms with E-state index in [-0.39, 0.29) is 5.82 Å². The van der Waals surface area contributed by atoms with Crippen molar-refractivity contribution in [1.82, 2.24) is 9.78 Å². The maximum atomic E-state index is 13.7. The van der Waals surface area contributed by atoms with Crippen LogP contribution in [-0.2, 0) is 5.33 Å². The summed E-state index contributed by atoms with van der Waals surface area (Å²) in [5, 5.41) is 4.82. The number of rotatable bonds is 2. The molecule has 0 atom stereocenters. The van der Waals surface area contributed by atoms with Gasteiger partial charge in [0.05, 0.1) is 5.69 Å². The third-order valence-electron chi connectivity index (χ3n) is 2.17. The van der Waals surface area contributed by atoms with Crippen LogP contribution in [0.15, 0.2) is 30.5 Å². The Morgan fingerprint density at radius 1 is 1.40 bits per heavy atom. The van der Waals surface area contributed by atoms with E-state index in [1.165, 1.54) is 6.07 Å². The molecule has 0 unspecified atom stereocenters. The van der Waals surface area contributed by atoms with Crippen molar-refractivity contribution in [2.75, 3.05) is 0 Å². The summed E-state index contributed by atoms with van der Waals surface area (Å²) in [6, 6.07) is 6.87. The maximum Gasteiger partial charge on any atom is 0.149 e. The van der Waals surface area contributed by atoms with Crippen LogP contribution in [0.5, 0.6) is 0 Å². The van der Waals surface area contributed by atoms with Crippen molar-refractivity contribution in [2.45, 2.75) is 12.3 Å². The first-order valence-corrected chi connectivity index (χ1v) is 5.70. The molecule has 0 aliphatic carbocycles. The SMILES string of the molecule is Cc1ccn(-c2c(F)cccc2CBr)n1. The number of para-hydroxylation sites is 1. The van der Waals surface area contributed by atoms with Gasteiger partial charge in [0, 0.05) is 11.5 Å². The minimum absolute atomic E-state index is 0.255. The first kappa shape index (κ1) is 10.4. The second-order valence-corrected chi connectivity index (χ2v) is 3.84. The van der Waals surface area contributed by atoms with Crippen molar-refractivity contribution < 1.29 is 4.39 Å². The number of hydrogen-bond donors (Lipinski definition) is 0. The third-order valence-corrected chi connectivity index (χ3v) is 2.77. The Hall–Kier alpha value is -1.16. The van der Waals surface area contributed by atoms with Crippen molar-refractivity contribution in [3.05, 3.63) is 47.5 Å². The van der Waals surface area contributed by atoms with E-state index in [0.29, 0.717) is 11.0 Å². The van der Waals surface area contributed by atoms with E-state index in [4.69, 9.17) is 0 Å². The zero-order valence-corrected chi connectivity index (χ0v) is 9.83. The van der Waals surface area contributed by atoms with E-state index >= 15 is 0 Å². The minimum atomic E-state index is -0.255. The standard InChI is InChI=1S/C11H10BrFN2/c1-8-5-6-15(14-8)11-9(7-12)3-2-4-10(11)13/h2-6H,7H2,1H3. The van der Waals surface area contributed by atoms with Gasteiger partial charge in [-0.1, -0.05) is 28.1 Å². The molecular formula is C11H10BrFN2. The molecule has 2 rings (SSSR count). The Bertz CT molecular complexity index is 479. The predicted molar refractivity (Wildman–Crippen MR) is 60.9 cm³/mol. The van der Waals surface area contributed by atoms with Crippen LogP contribution < -0.4 is 0 Å². The number of alkyl halides is 1. The summed E-state index contributed by atoms with van der Waals surface area (Å²) in [6.45, 7) is 1.88. The molecular weight excluding hydrogens is 259 g/mol. The molecule has 1 aromatic carbocycles. The summed E-state index contributed by atoms with van der Waals surface area (Å²) in [4.78, 5) is 0. The average Bonchev–Trinajstić information content (AvgIpc) is 2.64. The summed E-state index contributed by atoms with van der Waals surface area (Å²) in [7, 11) is 0. The number of halogens is 2. The maximum absolute atomic E-state index is 13.7. The highest BCUT2D eigenvalue weighted by Crippen LogP contribution is 2.20. The molecule has 0 N–H and O–H groups in total. The van der Waals surface area contributed by atoms with Gasteiger partial charge in [-0.05, 0) is 24.6 Å². The zero-order chi connectivity index (χ0) is 10.8. The van der Waals surface area contributed by atoms with Gasteiger partial charge in [0.2, 0.25) is 0 Å². The van der Waals surface area contributed by atoms with Crippen molar-refractivity contribution >= 4 is 15.9 Å². The lowest BCUT2D eigenvalue weighted by Gasteiger charge is -2.07. The highest BCUT2D eigenvalue weighted by molar-refractivity contribution is 9.08. The number of benzene rings is 1. The van der Waals surface area contributed by atoms with Gasteiger partial charge >= 0.3 is 0 Å². The fourth-order valence-corrected chi connectivity index (χ4v) is 1.92. The van der Waals surface area contributed by atoms with Crippen molar-refractivity contribution in [3.8, 4) is 5.69 Å². The lowest BCUT2D eigenvalue weighted by Crippen LogP contribution is -2.02. The van der Waals surface area contributed by atoms with E-state index in [2.05, 4.69) is 21.0 Å². The number of nitrogens with zero attached hydrogens (tertiary/aromatic N) is 2. The molecule has 0 aliphatic rings. The van der Waals surface area contributed by atoms with Gasteiger partial charge in [-0.3, -0.25) is 0 Å². The molecule has 0 fully saturated rings. The molecule has 1 heterocycles. The molecule has 0 aliphatic heterocycles. The van der Waals surface area contributed by atoms with Gasteiger partial charge in [0.1, 0.15) is 11.5 Å². The Labute approximate surface area is 95.9 Å². The molecule has 0 amide bonds. The summed E-state index contributed by atoms with van der Waals surface area (Å²) in [5.41, 5.74) is 2.28. The van der Waals surface area contributed by atoms with Gasteiger partial charge in [0.15, 0.2) is 0 Å². The Balaban J connectivity index is 2.60. The normalized spacial score (nSPS) is 10.6. The van der Waals surface area contributed by atoms with Gasteiger partial charge in [-0.2, -0.15) is 5.10 Å². The lowest BCUT2D eigenvalue weighted by molar-refractivity contribution is 0.608. The van der Waals surface area contributed by atoms with E-state index in [0.717, 1.165) is 11.3 Å². The zero-order valence-electron chi connectivity index (χ0n) is 8.24. The molecule has 2 nitrogen and oxygen atoms in total. The van der Waals surface area contributed by atoms with Gasteiger partial charge in [-0.25, -0.2) is 9.07 Å². The van der Waals surface area contributed by atoms with E-state index in [1.54, 1.807) is 16.9 Å². The van der Waals surface area contributed by atoms with E-state index in [9.17, 15) is 4.39 Å². The molecule has 1 aromatic heterocycles. The second-order valence-electron chi connectivity index (χ2n) is 3.28. The van der Waals surface area contributed by atoms with Crippen LogP contribution >= 0.6 is 15.9 Å². The molecule has 0 saturated heterocycles. The van der Waals surface area contributed by atoms with Gasteiger partial charge in [-0.15, -0.1) is 0 Å². The number of hydrogen-bond acceptors (Lipinski definition) is 1. The summed E-state index contributed by atoms with van der Waals surface area (Å²) in [6.07, 6.45) is 1.76. The monoisotopic (exact) mass is 268 g/mol. The topological polar surface area (TPSA) is 17.8 Å². The highest BCUT2D eigenvalue weighted by atomic mass is 79.9. The summed E-state index contributed by atoms with van der Waals surface area (Å²) >= 11 is 3.34. The minimum Gasteiger partial charge on any atom is -0.237 e. The molecule has 0 saturated carbocycles. The quantitative estimate of drug-likeness (QED) is 0.765. The van der Waals surface area contributed by atoms with Crippen molar-refractivity contribution in [2.24, 2.45) is 0 Å². The van der Waals surface area contributed by atoms with Gasteiger partial charge < -0.3 is 0 Å². The molecule has 4 heteroatoms. The Morgan fingerprint density at radius 2 is 2.20 bits per heavy atom. The summed E-state index contributed by atoms with van der Waals surface area (Å²) in [5.74, 6) is -0.255. The van der Waals surface area contributed by atoms with Gasteiger partial charge in [0.25, 0.3) is 0 Å². The molecule has 15 heavy (non-hydrogen) atoms. The molecule has 0 radical (unpaired) electrons. The molecule has 0 bridgehead atoms. The van der Waals surface area contributed by atoms with Crippen LogP contribution in [0, 0.1) is 12.7 Å². The van der Waals surface area contributed by atoms with Crippen LogP contribution in [0.1, 0.15) is 11.3 Å². The first-order chi connectivity index (χ1) is 7.22. The number of aromatic nitrogens is 2. The average molecular weight is 269 g/mol. The van der Waals surface area contributed by atoms with Crippen molar-refractivity contribution in [3.63, 3.8) is 0 Å². The van der Waals surface area contributed by atoms with Crippen LogP contribution in [0.2, 0.25) is 0 Å².